The first kappa shape index (κ1) is 24.2. The van der Waals surface area contributed by atoms with Gasteiger partial charge in [0.2, 0.25) is 11.8 Å². The summed E-state index contributed by atoms with van der Waals surface area (Å²) in [5.74, 6) is 3.15. The molecule has 1 aromatic heterocycles. The van der Waals surface area contributed by atoms with E-state index in [2.05, 4.69) is 15.6 Å². The molecule has 2 aromatic rings. The smallest absolute Gasteiger partial charge is 0.252 e. The molecular weight excluding hydrogens is 458 g/mol. The minimum Gasteiger partial charge on any atom is -0.475 e. The molecule has 4 bridgehead atoms. The van der Waals surface area contributed by atoms with E-state index >= 15 is 0 Å². The third kappa shape index (κ3) is 5.66. The van der Waals surface area contributed by atoms with E-state index in [4.69, 9.17) is 4.74 Å². The standard InChI is InChI=1S/C28H35N3O3S/c1-18(2)34-27-22(6-5-9-29-27)16-30-26(33)23-7-3-4-8-24(23)35-17-25(32)31-28-13-19-10-20(14-28)12-21(11-19)15-28/h3-9,18-21H,10-17H2,1-2H3,(H,30,33)(H,31,32). The van der Waals surface area contributed by atoms with Crippen LogP contribution in [0.1, 0.15) is 68.3 Å². The summed E-state index contributed by atoms with van der Waals surface area (Å²) in [7, 11) is 0. The molecule has 35 heavy (non-hydrogen) atoms. The molecule has 4 saturated carbocycles. The first-order valence-corrected chi connectivity index (χ1v) is 13.8. The second-order valence-corrected chi connectivity index (χ2v) is 11.9. The van der Waals surface area contributed by atoms with Gasteiger partial charge in [-0.1, -0.05) is 18.2 Å². The zero-order valence-corrected chi connectivity index (χ0v) is 21.4. The second kappa shape index (κ2) is 10.2. The van der Waals surface area contributed by atoms with Gasteiger partial charge in [-0.05, 0) is 88.3 Å². The number of nitrogens with one attached hydrogen (secondary N) is 2. The Hall–Kier alpha value is -2.54. The summed E-state index contributed by atoms with van der Waals surface area (Å²) in [6, 6.07) is 11.2. The maximum absolute atomic E-state index is 13.0. The molecule has 1 aromatic carbocycles. The highest BCUT2D eigenvalue weighted by molar-refractivity contribution is 8.00. The molecule has 4 aliphatic carbocycles. The Morgan fingerprint density at radius 2 is 1.74 bits per heavy atom. The highest BCUT2D eigenvalue weighted by Gasteiger charge is 2.51. The minimum atomic E-state index is -0.172. The Balaban J connectivity index is 1.18. The molecule has 0 spiro atoms. The lowest BCUT2D eigenvalue weighted by molar-refractivity contribution is -0.124. The van der Waals surface area contributed by atoms with Gasteiger partial charge in [0, 0.05) is 28.7 Å². The van der Waals surface area contributed by atoms with Gasteiger partial charge in [0.15, 0.2) is 0 Å². The monoisotopic (exact) mass is 493 g/mol. The number of hydrogen-bond acceptors (Lipinski definition) is 5. The lowest BCUT2D eigenvalue weighted by Gasteiger charge is -2.56. The SMILES string of the molecule is CC(C)Oc1ncccc1CNC(=O)c1ccccc1SCC(=O)NC12CC3CC(CC(C3)C1)C2. The van der Waals surface area contributed by atoms with Gasteiger partial charge < -0.3 is 15.4 Å². The molecule has 0 aliphatic heterocycles. The average molecular weight is 494 g/mol. The van der Waals surface area contributed by atoms with Crippen LogP contribution in [0.5, 0.6) is 5.88 Å². The fraction of sp³-hybridized carbons (Fsp3) is 0.536. The Kier molecular flexibility index (Phi) is 7.05. The number of thioether (sulfide) groups is 1. The van der Waals surface area contributed by atoms with Crippen molar-refractivity contribution in [2.24, 2.45) is 17.8 Å². The molecule has 0 atom stereocenters. The van der Waals surface area contributed by atoms with Gasteiger partial charge in [-0.2, -0.15) is 0 Å². The average Bonchev–Trinajstić information content (AvgIpc) is 2.80. The maximum atomic E-state index is 13.0. The van der Waals surface area contributed by atoms with Crippen LogP contribution in [0.3, 0.4) is 0 Å². The number of nitrogens with zero attached hydrogens (tertiary/aromatic N) is 1. The number of rotatable bonds is 9. The summed E-state index contributed by atoms with van der Waals surface area (Å²) in [6.45, 7) is 4.22. The Morgan fingerprint density at radius 1 is 1.06 bits per heavy atom. The normalized spacial score (nSPS) is 26.5. The summed E-state index contributed by atoms with van der Waals surface area (Å²) >= 11 is 1.44. The van der Waals surface area contributed by atoms with Crippen LogP contribution in [0, 0.1) is 17.8 Å². The number of pyridine rings is 1. The molecule has 6 nitrogen and oxygen atoms in total. The molecule has 2 amide bonds. The molecule has 0 saturated heterocycles. The van der Waals surface area contributed by atoms with E-state index in [9.17, 15) is 9.59 Å². The van der Waals surface area contributed by atoms with Crippen molar-refractivity contribution < 1.29 is 14.3 Å². The number of hydrogen-bond donors (Lipinski definition) is 2. The zero-order valence-electron chi connectivity index (χ0n) is 20.6. The molecule has 2 N–H and O–H groups in total. The maximum Gasteiger partial charge on any atom is 0.252 e. The van der Waals surface area contributed by atoms with Crippen LogP contribution in [0.2, 0.25) is 0 Å². The van der Waals surface area contributed by atoms with Crippen molar-refractivity contribution in [2.75, 3.05) is 5.75 Å². The van der Waals surface area contributed by atoms with Gasteiger partial charge in [0.05, 0.1) is 17.4 Å². The summed E-state index contributed by atoms with van der Waals surface area (Å²) < 4.78 is 5.76. The number of aromatic nitrogens is 1. The van der Waals surface area contributed by atoms with Crippen LogP contribution in [0.25, 0.3) is 0 Å². The third-order valence-electron chi connectivity index (χ3n) is 7.57. The van der Waals surface area contributed by atoms with Gasteiger partial charge in [0.1, 0.15) is 0 Å². The van der Waals surface area contributed by atoms with E-state index < -0.39 is 0 Å². The third-order valence-corrected chi connectivity index (χ3v) is 8.64. The van der Waals surface area contributed by atoms with Gasteiger partial charge in [-0.3, -0.25) is 9.59 Å². The van der Waals surface area contributed by atoms with E-state index in [1.807, 2.05) is 50.2 Å². The number of carbonyl (C=O) groups is 2. The highest BCUT2D eigenvalue weighted by Crippen LogP contribution is 2.55. The van der Waals surface area contributed by atoms with Gasteiger partial charge in [0.25, 0.3) is 5.91 Å². The van der Waals surface area contributed by atoms with Crippen molar-refractivity contribution in [1.82, 2.24) is 15.6 Å². The molecule has 186 valence electrons. The molecule has 7 heteroatoms. The number of ether oxygens (including phenoxy) is 1. The summed E-state index contributed by atoms with van der Waals surface area (Å²) in [5.41, 5.74) is 1.42. The van der Waals surface area contributed by atoms with E-state index in [1.54, 1.807) is 6.20 Å². The van der Waals surface area contributed by atoms with Crippen molar-refractivity contribution in [3.8, 4) is 5.88 Å². The van der Waals surface area contributed by atoms with Crippen LogP contribution in [0.15, 0.2) is 47.5 Å². The molecule has 1 heterocycles. The molecule has 4 fully saturated rings. The molecule has 0 unspecified atom stereocenters. The highest BCUT2D eigenvalue weighted by atomic mass is 32.2. The first-order chi connectivity index (χ1) is 16.9. The van der Waals surface area contributed by atoms with E-state index in [0.717, 1.165) is 47.5 Å². The lowest BCUT2D eigenvalue weighted by atomic mass is 9.53. The molecule has 6 rings (SSSR count). The number of benzene rings is 1. The van der Waals surface area contributed by atoms with Crippen molar-refractivity contribution in [2.45, 2.75) is 75.5 Å². The van der Waals surface area contributed by atoms with E-state index in [-0.39, 0.29) is 23.5 Å². The fourth-order valence-electron chi connectivity index (χ4n) is 6.68. The minimum absolute atomic E-state index is 0.000976. The summed E-state index contributed by atoms with van der Waals surface area (Å²) in [5, 5.41) is 6.42. The Morgan fingerprint density at radius 3 is 2.43 bits per heavy atom. The van der Waals surface area contributed by atoms with Crippen molar-refractivity contribution in [3.05, 3.63) is 53.7 Å². The van der Waals surface area contributed by atoms with Crippen molar-refractivity contribution >= 4 is 23.6 Å². The summed E-state index contributed by atoms with van der Waals surface area (Å²) in [4.78, 5) is 31.1. The first-order valence-electron chi connectivity index (χ1n) is 12.8. The predicted octanol–water partition coefficient (Wildman–Crippen LogP) is 4.98. The van der Waals surface area contributed by atoms with E-state index in [1.165, 1.54) is 31.0 Å². The van der Waals surface area contributed by atoms with Gasteiger partial charge >= 0.3 is 0 Å². The van der Waals surface area contributed by atoms with Crippen LogP contribution in [-0.2, 0) is 11.3 Å². The number of carbonyl (C=O) groups excluding carboxylic acids is 2. The predicted molar refractivity (Wildman–Crippen MR) is 137 cm³/mol. The van der Waals surface area contributed by atoms with E-state index in [0.29, 0.717) is 23.7 Å². The topological polar surface area (TPSA) is 80.3 Å². The van der Waals surface area contributed by atoms with Crippen molar-refractivity contribution in [3.63, 3.8) is 0 Å². The Labute approximate surface area is 212 Å². The lowest BCUT2D eigenvalue weighted by Crippen LogP contribution is -2.60. The van der Waals surface area contributed by atoms with Gasteiger partial charge in [-0.25, -0.2) is 4.98 Å². The van der Waals surface area contributed by atoms with Crippen molar-refractivity contribution in [1.29, 1.82) is 0 Å². The largest absolute Gasteiger partial charge is 0.475 e. The zero-order chi connectivity index (χ0) is 24.4. The summed E-state index contributed by atoms with van der Waals surface area (Å²) in [6.07, 6.45) is 9.19. The molecule has 4 aliphatic rings. The van der Waals surface area contributed by atoms with Crippen LogP contribution < -0.4 is 15.4 Å². The van der Waals surface area contributed by atoms with Gasteiger partial charge in [-0.15, -0.1) is 11.8 Å². The van der Waals surface area contributed by atoms with Crippen LogP contribution in [0.4, 0.5) is 0 Å². The van der Waals surface area contributed by atoms with Crippen LogP contribution in [-0.4, -0.2) is 34.2 Å². The number of amides is 2. The molecule has 0 radical (unpaired) electrons. The Bertz CT molecular complexity index is 1050. The second-order valence-electron chi connectivity index (χ2n) is 10.8. The quantitative estimate of drug-likeness (QED) is 0.482. The fourth-order valence-corrected chi connectivity index (χ4v) is 7.53. The molecular formula is C28H35N3O3S. The van der Waals surface area contributed by atoms with Crippen LogP contribution >= 0.6 is 11.8 Å².